The second kappa shape index (κ2) is 9.91. The summed E-state index contributed by atoms with van der Waals surface area (Å²) in [6, 6.07) is 10.1. The van der Waals surface area contributed by atoms with Crippen LogP contribution in [-0.4, -0.2) is 43.5 Å². The first-order chi connectivity index (χ1) is 13.2. The number of carbonyl (C=O) groups excluding carboxylic acids is 2. The lowest BCUT2D eigenvalue weighted by Gasteiger charge is -2.23. The summed E-state index contributed by atoms with van der Waals surface area (Å²) in [4.78, 5) is 26.6. The number of halogens is 2. The fourth-order valence-electron chi connectivity index (χ4n) is 2.49. The van der Waals surface area contributed by atoms with Crippen LogP contribution in [0.2, 0.25) is 5.02 Å². The van der Waals surface area contributed by atoms with Crippen LogP contribution in [0, 0.1) is 6.92 Å². The highest BCUT2D eigenvalue weighted by molar-refractivity contribution is 9.10. The van der Waals surface area contributed by atoms with E-state index in [9.17, 15) is 9.59 Å². The third kappa shape index (κ3) is 5.95. The van der Waals surface area contributed by atoms with Crippen LogP contribution in [0.25, 0.3) is 0 Å². The number of amides is 2. The molecule has 0 spiro atoms. The molecule has 28 heavy (non-hydrogen) atoms. The Morgan fingerprint density at radius 1 is 1.18 bits per heavy atom. The van der Waals surface area contributed by atoms with Crippen LogP contribution in [0.3, 0.4) is 0 Å². The van der Waals surface area contributed by atoms with Gasteiger partial charge in [-0.2, -0.15) is 0 Å². The number of ether oxygens (including phenoxy) is 1. The molecule has 1 unspecified atom stereocenters. The predicted molar refractivity (Wildman–Crippen MR) is 116 cm³/mol. The number of likely N-dealkylation sites (N-methyl/N-ethyl adjacent to an activating group) is 1. The molecular formula is C20H23BrClN3O3. The van der Waals surface area contributed by atoms with Crippen molar-refractivity contribution >= 4 is 50.7 Å². The van der Waals surface area contributed by atoms with Crippen LogP contribution in [0.1, 0.15) is 12.5 Å². The van der Waals surface area contributed by atoms with E-state index in [1.165, 1.54) is 7.11 Å². The highest BCUT2D eigenvalue weighted by Crippen LogP contribution is 2.27. The SMILES string of the molecule is COc1ccc(Cl)cc1NC(=O)CN(C)C(C)C(=O)Nc1ccc(C)cc1Br. The van der Waals surface area contributed by atoms with Gasteiger partial charge < -0.3 is 15.4 Å². The number of nitrogens with one attached hydrogen (secondary N) is 2. The lowest BCUT2D eigenvalue weighted by Crippen LogP contribution is -2.43. The summed E-state index contributed by atoms with van der Waals surface area (Å²) in [5.41, 5.74) is 2.25. The van der Waals surface area contributed by atoms with E-state index in [-0.39, 0.29) is 18.4 Å². The highest BCUT2D eigenvalue weighted by Gasteiger charge is 2.21. The van der Waals surface area contributed by atoms with Crippen LogP contribution in [0.5, 0.6) is 5.75 Å². The lowest BCUT2D eigenvalue weighted by molar-refractivity contribution is -0.122. The first-order valence-corrected chi connectivity index (χ1v) is 9.79. The fraction of sp³-hybridized carbons (Fsp3) is 0.300. The molecule has 0 radical (unpaired) electrons. The molecule has 0 aliphatic rings. The maximum Gasteiger partial charge on any atom is 0.241 e. The molecule has 150 valence electrons. The minimum atomic E-state index is -0.514. The molecule has 0 fully saturated rings. The molecule has 0 aliphatic carbocycles. The zero-order valence-corrected chi connectivity index (χ0v) is 18.5. The molecule has 2 amide bonds. The standard InChI is InChI=1S/C20H23BrClN3O3/c1-12-5-7-16(15(21)9-12)24-20(27)13(2)25(3)11-19(26)23-17-10-14(22)6-8-18(17)28-4/h5-10,13H,11H2,1-4H3,(H,23,26)(H,24,27). The predicted octanol–water partition coefficient (Wildman–Crippen LogP) is 4.32. The molecule has 6 nitrogen and oxygen atoms in total. The Morgan fingerprint density at radius 3 is 2.54 bits per heavy atom. The molecule has 0 aliphatic heterocycles. The van der Waals surface area contributed by atoms with Gasteiger partial charge in [0.05, 0.1) is 31.1 Å². The van der Waals surface area contributed by atoms with Crippen molar-refractivity contribution in [1.82, 2.24) is 4.90 Å². The van der Waals surface area contributed by atoms with E-state index in [0.717, 1.165) is 10.0 Å². The van der Waals surface area contributed by atoms with Gasteiger partial charge >= 0.3 is 0 Å². The number of anilines is 2. The summed E-state index contributed by atoms with van der Waals surface area (Å²) in [6.45, 7) is 3.74. The topological polar surface area (TPSA) is 70.7 Å². The largest absolute Gasteiger partial charge is 0.495 e. The van der Waals surface area contributed by atoms with E-state index >= 15 is 0 Å². The molecule has 0 heterocycles. The van der Waals surface area contributed by atoms with E-state index in [1.54, 1.807) is 37.1 Å². The Balaban J connectivity index is 1.97. The molecule has 2 aromatic carbocycles. The van der Waals surface area contributed by atoms with E-state index in [4.69, 9.17) is 16.3 Å². The van der Waals surface area contributed by atoms with Gasteiger partial charge in [-0.3, -0.25) is 14.5 Å². The average Bonchev–Trinajstić information content (AvgIpc) is 2.63. The smallest absolute Gasteiger partial charge is 0.241 e. The molecule has 1 atom stereocenters. The van der Waals surface area contributed by atoms with Crippen LogP contribution < -0.4 is 15.4 Å². The van der Waals surface area contributed by atoms with Gasteiger partial charge in [0.1, 0.15) is 5.75 Å². The van der Waals surface area contributed by atoms with Crippen molar-refractivity contribution in [3.8, 4) is 5.75 Å². The first-order valence-electron chi connectivity index (χ1n) is 8.62. The highest BCUT2D eigenvalue weighted by atomic mass is 79.9. The van der Waals surface area contributed by atoms with Crippen molar-refractivity contribution < 1.29 is 14.3 Å². The normalized spacial score (nSPS) is 11.8. The molecule has 0 bridgehead atoms. The third-order valence-electron chi connectivity index (χ3n) is 4.25. The van der Waals surface area contributed by atoms with Crippen molar-refractivity contribution in [3.05, 3.63) is 51.5 Å². The van der Waals surface area contributed by atoms with Gasteiger partial charge in [-0.1, -0.05) is 17.7 Å². The summed E-state index contributed by atoms with van der Waals surface area (Å²) in [7, 11) is 3.23. The van der Waals surface area contributed by atoms with Crippen LogP contribution in [0.4, 0.5) is 11.4 Å². The Hall–Kier alpha value is -2.09. The summed E-state index contributed by atoms with van der Waals surface area (Å²) in [5.74, 6) is 0.0230. The maximum atomic E-state index is 12.5. The van der Waals surface area contributed by atoms with E-state index in [0.29, 0.717) is 22.1 Å². The number of methoxy groups -OCH3 is 1. The zero-order chi connectivity index (χ0) is 20.8. The number of rotatable bonds is 7. The van der Waals surface area contributed by atoms with Crippen LogP contribution >= 0.6 is 27.5 Å². The number of nitrogens with zero attached hydrogens (tertiary/aromatic N) is 1. The number of hydrogen-bond acceptors (Lipinski definition) is 4. The fourth-order valence-corrected chi connectivity index (χ4v) is 3.25. The van der Waals surface area contributed by atoms with Gasteiger partial charge in [0.15, 0.2) is 0 Å². The first kappa shape index (κ1) is 22.2. The molecule has 8 heteroatoms. The minimum absolute atomic E-state index is 0.0271. The zero-order valence-electron chi connectivity index (χ0n) is 16.2. The quantitative estimate of drug-likeness (QED) is 0.635. The summed E-state index contributed by atoms with van der Waals surface area (Å²) in [5, 5.41) is 6.12. The lowest BCUT2D eigenvalue weighted by atomic mass is 10.2. The molecular weight excluding hydrogens is 446 g/mol. The van der Waals surface area contributed by atoms with Gasteiger partial charge in [-0.15, -0.1) is 0 Å². The van der Waals surface area contributed by atoms with Gasteiger partial charge in [0, 0.05) is 9.50 Å². The molecule has 2 rings (SSSR count). The van der Waals surface area contributed by atoms with Crippen molar-refractivity contribution in [2.45, 2.75) is 19.9 Å². The Morgan fingerprint density at radius 2 is 1.89 bits per heavy atom. The van der Waals surface area contributed by atoms with Gasteiger partial charge in [0.25, 0.3) is 0 Å². The van der Waals surface area contributed by atoms with Gasteiger partial charge in [-0.25, -0.2) is 0 Å². The van der Waals surface area contributed by atoms with Crippen molar-refractivity contribution in [3.63, 3.8) is 0 Å². The monoisotopic (exact) mass is 467 g/mol. The Kier molecular flexibility index (Phi) is 7.86. The molecule has 0 saturated carbocycles. The van der Waals surface area contributed by atoms with Gasteiger partial charge in [-0.05, 0) is 72.7 Å². The van der Waals surface area contributed by atoms with Crippen molar-refractivity contribution in [2.75, 3.05) is 31.3 Å². The molecule has 2 aromatic rings. The van der Waals surface area contributed by atoms with Crippen molar-refractivity contribution in [2.24, 2.45) is 0 Å². The summed E-state index contributed by atoms with van der Waals surface area (Å²) < 4.78 is 6.03. The van der Waals surface area contributed by atoms with E-state index < -0.39 is 6.04 Å². The van der Waals surface area contributed by atoms with Crippen LogP contribution in [0.15, 0.2) is 40.9 Å². The second-order valence-corrected chi connectivity index (χ2v) is 7.75. The Labute approximate surface area is 178 Å². The summed E-state index contributed by atoms with van der Waals surface area (Å²) >= 11 is 9.42. The molecule has 0 aromatic heterocycles. The van der Waals surface area contributed by atoms with E-state index in [2.05, 4.69) is 26.6 Å². The molecule has 0 saturated heterocycles. The van der Waals surface area contributed by atoms with Gasteiger partial charge in [0.2, 0.25) is 11.8 Å². The number of carbonyl (C=O) groups is 2. The second-order valence-electron chi connectivity index (χ2n) is 6.46. The van der Waals surface area contributed by atoms with E-state index in [1.807, 2.05) is 25.1 Å². The van der Waals surface area contributed by atoms with Crippen LogP contribution in [-0.2, 0) is 9.59 Å². The third-order valence-corrected chi connectivity index (χ3v) is 5.14. The van der Waals surface area contributed by atoms with Crippen molar-refractivity contribution in [1.29, 1.82) is 0 Å². The average molecular weight is 469 g/mol. The maximum absolute atomic E-state index is 12.5. The molecule has 2 N–H and O–H groups in total. The number of aryl methyl sites for hydroxylation is 1. The summed E-state index contributed by atoms with van der Waals surface area (Å²) in [6.07, 6.45) is 0. The minimum Gasteiger partial charge on any atom is -0.495 e. The number of hydrogen-bond donors (Lipinski definition) is 2. The Bertz CT molecular complexity index is 876. The number of benzene rings is 2.